The van der Waals surface area contributed by atoms with Gasteiger partial charge in [0.25, 0.3) is 0 Å². The van der Waals surface area contributed by atoms with Crippen LogP contribution in [0.5, 0.6) is 11.5 Å². The number of rotatable bonds is 8. The van der Waals surface area contributed by atoms with Gasteiger partial charge in [0, 0.05) is 39.3 Å². The van der Waals surface area contributed by atoms with E-state index in [1.165, 1.54) is 0 Å². The molecular weight excluding hydrogens is 402 g/mol. The molecule has 1 aromatic rings. The molecule has 0 spiro atoms. The molecule has 2 rings (SSSR count). The average Bonchev–Trinajstić information content (AvgIpc) is 2.64. The number of carbonyl (C=O) groups excluding carboxylic acids is 1. The van der Waals surface area contributed by atoms with E-state index in [0.717, 1.165) is 54.3 Å². The molecule has 7 nitrogen and oxygen atoms in total. The summed E-state index contributed by atoms with van der Waals surface area (Å²) in [5.41, 5.74) is 0.963. The number of halogens is 1. The molecule has 1 amide bonds. The highest BCUT2D eigenvalue weighted by Crippen LogP contribution is 2.32. The van der Waals surface area contributed by atoms with Crippen LogP contribution in [-0.2, 0) is 11.2 Å². The first kappa shape index (κ1) is 20.8. The Labute approximate surface area is 163 Å². The zero-order valence-corrected chi connectivity index (χ0v) is 17.3. The number of amides is 1. The lowest BCUT2D eigenvalue weighted by molar-refractivity contribution is 0.104. The number of likely N-dealkylation sites (N-methyl/N-ethyl adjacent to an activating group) is 1. The van der Waals surface area contributed by atoms with Gasteiger partial charge in [-0.3, -0.25) is 4.90 Å². The lowest BCUT2D eigenvalue weighted by Crippen LogP contribution is -2.45. The number of nitrogens with zero attached hydrogens (tertiary/aromatic N) is 2. The van der Waals surface area contributed by atoms with Gasteiger partial charge in [-0.1, -0.05) is 0 Å². The maximum atomic E-state index is 11.8. The molecule has 26 heavy (non-hydrogen) atoms. The third-order valence-corrected chi connectivity index (χ3v) is 5.07. The van der Waals surface area contributed by atoms with Crippen LogP contribution in [-0.4, -0.2) is 83.0 Å². The van der Waals surface area contributed by atoms with Crippen LogP contribution in [0.3, 0.4) is 0 Å². The molecule has 0 saturated carbocycles. The van der Waals surface area contributed by atoms with Crippen molar-refractivity contribution in [3.05, 3.63) is 22.2 Å². The van der Waals surface area contributed by atoms with E-state index in [0.29, 0.717) is 19.6 Å². The van der Waals surface area contributed by atoms with E-state index < -0.39 is 0 Å². The fourth-order valence-corrected chi connectivity index (χ4v) is 3.29. The molecule has 0 aliphatic carbocycles. The van der Waals surface area contributed by atoms with Crippen molar-refractivity contribution in [2.45, 2.75) is 6.42 Å². The SMILES string of the molecule is COc1cc(CCNC(=O)OCCN2CCN(C)CC2)c(OC)cc1Br. The fourth-order valence-electron chi connectivity index (χ4n) is 2.81. The summed E-state index contributed by atoms with van der Waals surface area (Å²) in [6, 6.07) is 3.77. The zero-order chi connectivity index (χ0) is 18.9. The summed E-state index contributed by atoms with van der Waals surface area (Å²) in [6.07, 6.45) is 0.238. The van der Waals surface area contributed by atoms with Gasteiger partial charge in [-0.25, -0.2) is 4.79 Å². The van der Waals surface area contributed by atoms with Crippen LogP contribution in [0.4, 0.5) is 4.79 Å². The van der Waals surface area contributed by atoms with E-state index >= 15 is 0 Å². The maximum Gasteiger partial charge on any atom is 0.407 e. The molecule has 1 fully saturated rings. The Kier molecular flexibility index (Phi) is 8.47. The van der Waals surface area contributed by atoms with E-state index in [-0.39, 0.29) is 6.09 Å². The molecule has 1 aliphatic rings. The first-order valence-electron chi connectivity index (χ1n) is 8.75. The molecule has 0 aromatic heterocycles. The minimum atomic E-state index is -0.387. The molecule has 146 valence electrons. The second kappa shape index (κ2) is 10.6. The van der Waals surface area contributed by atoms with Crippen LogP contribution in [0.1, 0.15) is 5.56 Å². The molecule has 0 bridgehead atoms. The summed E-state index contributed by atoms with van der Waals surface area (Å²) in [7, 11) is 5.36. The number of hydrogen-bond acceptors (Lipinski definition) is 6. The van der Waals surface area contributed by atoms with E-state index in [4.69, 9.17) is 14.2 Å². The Morgan fingerprint density at radius 3 is 2.50 bits per heavy atom. The van der Waals surface area contributed by atoms with Crippen molar-refractivity contribution in [2.24, 2.45) is 0 Å². The summed E-state index contributed by atoms with van der Waals surface area (Å²) >= 11 is 3.44. The van der Waals surface area contributed by atoms with Gasteiger partial charge in [-0.05, 0) is 47.1 Å². The predicted molar refractivity (Wildman–Crippen MR) is 104 cm³/mol. The van der Waals surface area contributed by atoms with Crippen molar-refractivity contribution in [2.75, 3.05) is 67.1 Å². The number of nitrogens with one attached hydrogen (secondary N) is 1. The summed E-state index contributed by atoms with van der Waals surface area (Å²) in [4.78, 5) is 16.4. The Bertz CT molecular complexity index is 592. The second-order valence-electron chi connectivity index (χ2n) is 6.26. The molecule has 1 aliphatic heterocycles. The minimum absolute atomic E-state index is 0.387. The number of piperazine rings is 1. The van der Waals surface area contributed by atoms with Gasteiger partial charge in [-0.2, -0.15) is 0 Å². The zero-order valence-electron chi connectivity index (χ0n) is 15.7. The number of alkyl carbamates (subject to hydrolysis) is 1. The Morgan fingerprint density at radius 2 is 1.85 bits per heavy atom. The topological polar surface area (TPSA) is 63.3 Å². The maximum absolute atomic E-state index is 11.8. The van der Waals surface area contributed by atoms with Crippen molar-refractivity contribution in [1.29, 1.82) is 0 Å². The number of carbonyl (C=O) groups is 1. The first-order chi connectivity index (χ1) is 12.5. The van der Waals surface area contributed by atoms with Crippen LogP contribution in [0.2, 0.25) is 0 Å². The monoisotopic (exact) mass is 429 g/mol. The molecule has 8 heteroatoms. The largest absolute Gasteiger partial charge is 0.496 e. The van der Waals surface area contributed by atoms with E-state index in [1.807, 2.05) is 12.1 Å². The van der Waals surface area contributed by atoms with Gasteiger partial charge in [0.05, 0.1) is 18.7 Å². The smallest absolute Gasteiger partial charge is 0.407 e. The lowest BCUT2D eigenvalue weighted by Gasteiger charge is -2.31. The lowest BCUT2D eigenvalue weighted by atomic mass is 10.1. The minimum Gasteiger partial charge on any atom is -0.496 e. The van der Waals surface area contributed by atoms with Gasteiger partial charge in [0.1, 0.15) is 18.1 Å². The van der Waals surface area contributed by atoms with Crippen LogP contribution in [0, 0.1) is 0 Å². The van der Waals surface area contributed by atoms with Gasteiger partial charge in [-0.15, -0.1) is 0 Å². The first-order valence-corrected chi connectivity index (χ1v) is 9.54. The number of ether oxygens (including phenoxy) is 3. The second-order valence-corrected chi connectivity index (χ2v) is 7.11. The number of methoxy groups -OCH3 is 2. The molecule has 0 atom stereocenters. The van der Waals surface area contributed by atoms with Gasteiger partial charge in [0.15, 0.2) is 0 Å². The fraction of sp³-hybridized carbons (Fsp3) is 0.611. The van der Waals surface area contributed by atoms with Crippen molar-refractivity contribution >= 4 is 22.0 Å². The molecular formula is C18H28BrN3O4. The molecule has 0 unspecified atom stereocenters. The number of benzene rings is 1. The molecule has 0 radical (unpaired) electrons. The third kappa shape index (κ3) is 6.34. The highest BCUT2D eigenvalue weighted by molar-refractivity contribution is 9.10. The molecule has 1 heterocycles. The van der Waals surface area contributed by atoms with Crippen molar-refractivity contribution < 1.29 is 19.0 Å². The van der Waals surface area contributed by atoms with E-state index in [1.54, 1.807) is 14.2 Å². The Hall–Kier alpha value is -1.51. The predicted octanol–water partition coefficient (Wildman–Crippen LogP) is 1.98. The standard InChI is InChI=1S/C18H28BrN3O4/c1-21-6-8-22(9-7-21)10-11-26-18(23)20-5-4-14-12-17(25-3)15(19)13-16(14)24-2/h12-13H,4-11H2,1-3H3,(H,20,23). The van der Waals surface area contributed by atoms with Crippen molar-refractivity contribution in [3.63, 3.8) is 0 Å². The quantitative estimate of drug-likeness (QED) is 0.681. The number of hydrogen-bond donors (Lipinski definition) is 1. The normalized spacial score (nSPS) is 15.5. The summed E-state index contributed by atoms with van der Waals surface area (Å²) in [5.74, 6) is 1.48. The Balaban J connectivity index is 1.69. The van der Waals surface area contributed by atoms with E-state index in [9.17, 15) is 4.79 Å². The van der Waals surface area contributed by atoms with Crippen LogP contribution in [0.25, 0.3) is 0 Å². The molecule has 1 saturated heterocycles. The summed E-state index contributed by atoms with van der Waals surface area (Å²) in [6.45, 7) is 5.81. The van der Waals surface area contributed by atoms with Crippen LogP contribution in [0.15, 0.2) is 16.6 Å². The highest BCUT2D eigenvalue weighted by atomic mass is 79.9. The van der Waals surface area contributed by atoms with Crippen LogP contribution >= 0.6 is 15.9 Å². The van der Waals surface area contributed by atoms with Crippen molar-refractivity contribution in [1.82, 2.24) is 15.1 Å². The molecule has 1 N–H and O–H groups in total. The van der Waals surface area contributed by atoms with Gasteiger partial charge < -0.3 is 24.4 Å². The molecule has 1 aromatic carbocycles. The highest BCUT2D eigenvalue weighted by Gasteiger charge is 2.14. The summed E-state index contributed by atoms with van der Waals surface area (Å²) in [5, 5.41) is 2.78. The summed E-state index contributed by atoms with van der Waals surface area (Å²) < 4.78 is 16.8. The van der Waals surface area contributed by atoms with Crippen LogP contribution < -0.4 is 14.8 Å². The van der Waals surface area contributed by atoms with Crippen molar-refractivity contribution in [3.8, 4) is 11.5 Å². The van der Waals surface area contributed by atoms with E-state index in [2.05, 4.69) is 38.1 Å². The van der Waals surface area contributed by atoms with Gasteiger partial charge >= 0.3 is 6.09 Å². The van der Waals surface area contributed by atoms with Gasteiger partial charge in [0.2, 0.25) is 0 Å². The third-order valence-electron chi connectivity index (χ3n) is 4.46. The average molecular weight is 430 g/mol. The Morgan fingerprint density at radius 1 is 1.15 bits per heavy atom.